The SMILES string of the molecule is CC(/N=C1\CCCC(=O)C1C(CC(=O)C(F)(F)F)c1cccc(C#N)c1)c1ccccc1. The maximum absolute atomic E-state index is 13.1. The van der Waals surface area contributed by atoms with Gasteiger partial charge in [0.15, 0.2) is 0 Å². The highest BCUT2D eigenvalue weighted by molar-refractivity contribution is 6.08. The lowest BCUT2D eigenvalue weighted by atomic mass is 9.72. The third kappa shape index (κ3) is 5.50. The molecule has 1 fully saturated rings. The standard InChI is InChI=1S/C25H23F3N2O2/c1-16(18-8-3-2-4-9-18)30-21-11-6-12-22(31)24(21)20(14-23(32)25(26,27)28)19-10-5-7-17(13-19)15-29/h2-5,7-10,13,16,20,24H,6,11-12,14H2,1H3/b30-21+. The van der Waals surface area contributed by atoms with Gasteiger partial charge in [-0.15, -0.1) is 0 Å². The van der Waals surface area contributed by atoms with Gasteiger partial charge >= 0.3 is 6.18 Å². The van der Waals surface area contributed by atoms with Crippen molar-refractivity contribution in [1.29, 1.82) is 5.26 Å². The Bertz CT molecular complexity index is 1050. The number of aliphatic imine (C=N–C) groups is 1. The fraction of sp³-hybridized carbons (Fsp3) is 0.360. The van der Waals surface area contributed by atoms with E-state index in [9.17, 15) is 28.0 Å². The summed E-state index contributed by atoms with van der Waals surface area (Å²) in [7, 11) is 0. The molecular formula is C25H23F3N2O2. The number of benzene rings is 2. The summed E-state index contributed by atoms with van der Waals surface area (Å²) >= 11 is 0. The second-order valence-corrected chi connectivity index (χ2v) is 7.97. The third-order valence-electron chi connectivity index (χ3n) is 5.77. The number of rotatable bonds is 6. The molecule has 1 saturated carbocycles. The number of ketones is 2. The van der Waals surface area contributed by atoms with E-state index in [4.69, 9.17) is 4.99 Å². The molecule has 2 aromatic carbocycles. The summed E-state index contributed by atoms with van der Waals surface area (Å²) in [6, 6.07) is 17.2. The topological polar surface area (TPSA) is 70.3 Å². The van der Waals surface area contributed by atoms with Crippen LogP contribution in [0.2, 0.25) is 0 Å². The summed E-state index contributed by atoms with van der Waals surface area (Å²) in [6.45, 7) is 1.87. The fourth-order valence-electron chi connectivity index (χ4n) is 4.18. The van der Waals surface area contributed by atoms with E-state index in [1.807, 2.05) is 43.3 Å². The molecule has 1 aliphatic carbocycles. The minimum absolute atomic E-state index is 0.220. The Hall–Kier alpha value is -3.27. The van der Waals surface area contributed by atoms with Crippen LogP contribution in [0.25, 0.3) is 0 Å². The first-order valence-corrected chi connectivity index (χ1v) is 10.4. The summed E-state index contributed by atoms with van der Waals surface area (Å²) in [4.78, 5) is 29.7. The fourth-order valence-corrected chi connectivity index (χ4v) is 4.18. The van der Waals surface area contributed by atoms with Gasteiger partial charge in [-0.05, 0) is 43.0 Å². The number of carbonyl (C=O) groups is 2. The Morgan fingerprint density at radius 3 is 2.47 bits per heavy atom. The van der Waals surface area contributed by atoms with Crippen LogP contribution in [-0.4, -0.2) is 23.5 Å². The Morgan fingerprint density at radius 2 is 1.81 bits per heavy atom. The molecule has 2 aromatic rings. The van der Waals surface area contributed by atoms with Gasteiger partial charge in [0.1, 0.15) is 5.78 Å². The first-order chi connectivity index (χ1) is 15.2. The summed E-state index contributed by atoms with van der Waals surface area (Å²) in [5.74, 6) is -4.08. The molecule has 0 aromatic heterocycles. The van der Waals surface area contributed by atoms with Gasteiger partial charge in [0.05, 0.1) is 23.6 Å². The zero-order valence-electron chi connectivity index (χ0n) is 17.6. The summed E-state index contributed by atoms with van der Waals surface area (Å²) < 4.78 is 39.4. The number of hydrogen-bond donors (Lipinski definition) is 0. The minimum atomic E-state index is -5.00. The summed E-state index contributed by atoms with van der Waals surface area (Å²) in [5, 5.41) is 9.23. The molecule has 0 aliphatic heterocycles. The largest absolute Gasteiger partial charge is 0.449 e. The summed E-state index contributed by atoms with van der Waals surface area (Å²) in [6.07, 6.45) is -4.61. The van der Waals surface area contributed by atoms with Gasteiger partial charge in [-0.3, -0.25) is 14.6 Å². The smallest absolute Gasteiger partial charge is 0.299 e. The summed E-state index contributed by atoms with van der Waals surface area (Å²) in [5.41, 5.74) is 2.06. The number of carbonyl (C=O) groups excluding carboxylic acids is 2. The predicted octanol–water partition coefficient (Wildman–Crippen LogP) is 5.73. The second-order valence-electron chi connectivity index (χ2n) is 7.97. The molecule has 3 unspecified atom stereocenters. The van der Waals surface area contributed by atoms with E-state index in [2.05, 4.69) is 0 Å². The van der Waals surface area contributed by atoms with Crippen molar-refractivity contribution in [2.75, 3.05) is 0 Å². The first kappa shape index (κ1) is 23.4. The van der Waals surface area contributed by atoms with E-state index in [0.717, 1.165) is 5.56 Å². The molecule has 0 N–H and O–H groups in total. The van der Waals surface area contributed by atoms with Gasteiger partial charge in [-0.2, -0.15) is 18.4 Å². The number of Topliss-reactive ketones (excluding diaryl/α,β-unsaturated/α-hetero) is 2. The van der Waals surface area contributed by atoms with Gasteiger partial charge in [0, 0.05) is 24.5 Å². The lowest BCUT2D eigenvalue weighted by Crippen LogP contribution is -2.37. The number of halogens is 3. The molecule has 4 nitrogen and oxygen atoms in total. The second kappa shape index (κ2) is 9.90. The van der Waals surface area contributed by atoms with E-state index >= 15 is 0 Å². The van der Waals surface area contributed by atoms with E-state index < -0.39 is 30.2 Å². The van der Waals surface area contributed by atoms with Crippen molar-refractivity contribution in [1.82, 2.24) is 0 Å². The molecule has 1 aliphatic rings. The zero-order chi connectivity index (χ0) is 23.3. The minimum Gasteiger partial charge on any atom is -0.299 e. The predicted molar refractivity (Wildman–Crippen MR) is 114 cm³/mol. The van der Waals surface area contributed by atoms with Crippen LogP contribution in [0.5, 0.6) is 0 Å². The van der Waals surface area contributed by atoms with Crippen LogP contribution in [0, 0.1) is 17.2 Å². The molecule has 0 spiro atoms. The van der Waals surface area contributed by atoms with Crippen molar-refractivity contribution in [3.63, 3.8) is 0 Å². The molecule has 0 radical (unpaired) electrons. The van der Waals surface area contributed by atoms with Crippen LogP contribution in [-0.2, 0) is 9.59 Å². The van der Waals surface area contributed by atoms with Crippen molar-refractivity contribution >= 4 is 17.3 Å². The van der Waals surface area contributed by atoms with E-state index in [-0.39, 0.29) is 23.8 Å². The third-order valence-corrected chi connectivity index (χ3v) is 5.77. The van der Waals surface area contributed by atoms with E-state index in [1.165, 1.54) is 12.1 Å². The van der Waals surface area contributed by atoms with Crippen LogP contribution >= 0.6 is 0 Å². The number of hydrogen-bond acceptors (Lipinski definition) is 4. The molecular weight excluding hydrogens is 417 g/mol. The van der Waals surface area contributed by atoms with Crippen molar-refractivity contribution in [3.8, 4) is 6.07 Å². The zero-order valence-corrected chi connectivity index (χ0v) is 17.6. The molecule has 0 saturated heterocycles. The average Bonchev–Trinajstić information content (AvgIpc) is 2.78. The van der Waals surface area contributed by atoms with Crippen LogP contribution < -0.4 is 0 Å². The van der Waals surface area contributed by atoms with E-state index in [0.29, 0.717) is 24.1 Å². The Labute approximate surface area is 184 Å². The van der Waals surface area contributed by atoms with Gasteiger partial charge in [-0.25, -0.2) is 0 Å². The molecule has 0 heterocycles. The van der Waals surface area contributed by atoms with Crippen molar-refractivity contribution in [2.24, 2.45) is 10.9 Å². The van der Waals surface area contributed by atoms with Gasteiger partial charge in [0.25, 0.3) is 0 Å². The number of nitriles is 1. The van der Waals surface area contributed by atoms with E-state index in [1.54, 1.807) is 12.1 Å². The van der Waals surface area contributed by atoms with Crippen molar-refractivity contribution in [2.45, 2.75) is 50.7 Å². The molecule has 3 atom stereocenters. The van der Waals surface area contributed by atoms with Crippen LogP contribution in [0.3, 0.4) is 0 Å². The van der Waals surface area contributed by atoms with Crippen molar-refractivity contribution < 1.29 is 22.8 Å². The average molecular weight is 440 g/mol. The highest BCUT2D eigenvalue weighted by atomic mass is 19.4. The van der Waals surface area contributed by atoms with Gasteiger partial charge < -0.3 is 0 Å². The Kier molecular flexibility index (Phi) is 7.24. The Balaban J connectivity index is 2.06. The van der Waals surface area contributed by atoms with Crippen LogP contribution in [0.1, 0.15) is 61.3 Å². The van der Waals surface area contributed by atoms with Crippen LogP contribution in [0.15, 0.2) is 59.6 Å². The first-order valence-electron chi connectivity index (χ1n) is 10.4. The quantitative estimate of drug-likeness (QED) is 0.576. The molecule has 0 amide bonds. The molecule has 32 heavy (non-hydrogen) atoms. The monoisotopic (exact) mass is 440 g/mol. The van der Waals surface area contributed by atoms with Crippen molar-refractivity contribution in [3.05, 3.63) is 71.3 Å². The lowest BCUT2D eigenvalue weighted by molar-refractivity contribution is -0.171. The molecule has 166 valence electrons. The maximum Gasteiger partial charge on any atom is 0.449 e. The highest BCUT2D eigenvalue weighted by Gasteiger charge is 2.44. The van der Waals surface area contributed by atoms with Gasteiger partial charge in [-0.1, -0.05) is 42.5 Å². The normalized spacial score (nSPS) is 19.9. The van der Waals surface area contributed by atoms with Crippen LogP contribution in [0.4, 0.5) is 13.2 Å². The Morgan fingerprint density at radius 1 is 1.12 bits per heavy atom. The maximum atomic E-state index is 13.1. The molecule has 3 rings (SSSR count). The molecule has 7 heteroatoms. The lowest BCUT2D eigenvalue weighted by Gasteiger charge is -2.31. The highest BCUT2D eigenvalue weighted by Crippen LogP contribution is 2.38. The molecule has 0 bridgehead atoms. The number of alkyl halides is 3. The van der Waals surface area contributed by atoms with Gasteiger partial charge in [0.2, 0.25) is 5.78 Å². The number of nitrogens with zero attached hydrogens (tertiary/aromatic N) is 2.